The molecule has 8 heteroatoms. The Kier molecular flexibility index (Phi) is 6.27. The van der Waals surface area contributed by atoms with Gasteiger partial charge in [0, 0.05) is 26.6 Å². The fraction of sp³-hybridized carbons (Fsp3) is 0.500. The zero-order valence-electron chi connectivity index (χ0n) is 17.1. The van der Waals surface area contributed by atoms with Crippen molar-refractivity contribution >= 4 is 23.4 Å². The van der Waals surface area contributed by atoms with Crippen molar-refractivity contribution in [2.24, 2.45) is 5.92 Å². The molecule has 1 N–H and O–H groups in total. The molecule has 2 aliphatic rings. The summed E-state index contributed by atoms with van der Waals surface area (Å²) in [6.07, 6.45) is 5.07. The Bertz CT molecular complexity index is 929. The van der Waals surface area contributed by atoms with Gasteiger partial charge in [-0.05, 0) is 43.7 Å². The molecule has 1 aromatic heterocycles. The first-order valence-electron chi connectivity index (χ1n) is 10.5. The monoisotopic (exact) mass is 430 g/mol. The van der Waals surface area contributed by atoms with Gasteiger partial charge in [-0.2, -0.15) is 5.10 Å². The first kappa shape index (κ1) is 20.7. The number of rotatable bonds is 5. The number of piperidine rings is 1. The van der Waals surface area contributed by atoms with Gasteiger partial charge in [-0.25, -0.2) is 0 Å². The third-order valence-corrected chi connectivity index (χ3v) is 6.16. The van der Waals surface area contributed by atoms with E-state index in [1.807, 2.05) is 27.8 Å². The van der Waals surface area contributed by atoms with Crippen LogP contribution in [0.15, 0.2) is 30.5 Å². The zero-order chi connectivity index (χ0) is 21.1. The molecule has 2 unspecified atom stereocenters. The predicted octanol–water partition coefficient (Wildman–Crippen LogP) is 2.92. The fourth-order valence-corrected chi connectivity index (χ4v) is 4.43. The number of aryl methyl sites for hydroxylation is 1. The number of nitrogens with one attached hydrogen (secondary N) is 1. The number of likely N-dealkylation sites (tertiary alicyclic amines) is 1. The molecule has 3 heterocycles. The number of halogens is 1. The van der Waals surface area contributed by atoms with Crippen LogP contribution in [0, 0.1) is 5.92 Å². The molecule has 0 spiro atoms. The molecule has 160 valence electrons. The van der Waals surface area contributed by atoms with Crippen molar-refractivity contribution in [3.05, 3.63) is 46.7 Å². The molecular weight excluding hydrogens is 404 g/mol. The quantitative estimate of drug-likeness (QED) is 0.791. The standard InChI is InChI=1S/C22H27ClN4O3/c1-15(28)24-12-16-8-10-27-20(11-16)18(13-25-27)22(29)26-9-4-5-17(14-26)30-21-7-3-2-6-19(21)23/h2-3,6-7,13,16-17H,4-5,8-12,14H2,1H3,(H,24,28). The lowest BCUT2D eigenvalue weighted by molar-refractivity contribution is -0.119. The second-order valence-electron chi connectivity index (χ2n) is 8.09. The number of amides is 2. The molecule has 0 bridgehead atoms. The molecular formula is C22H27ClN4O3. The van der Waals surface area contributed by atoms with Crippen LogP contribution in [0.4, 0.5) is 0 Å². The Balaban J connectivity index is 1.43. The molecule has 2 atom stereocenters. The third-order valence-electron chi connectivity index (χ3n) is 5.85. The van der Waals surface area contributed by atoms with Crippen LogP contribution < -0.4 is 10.1 Å². The molecule has 1 aromatic carbocycles. The topological polar surface area (TPSA) is 76.5 Å². The summed E-state index contributed by atoms with van der Waals surface area (Å²) in [5.74, 6) is 0.955. The van der Waals surface area contributed by atoms with Crippen molar-refractivity contribution in [3.63, 3.8) is 0 Å². The Hall–Kier alpha value is -2.54. The maximum Gasteiger partial charge on any atom is 0.257 e. The molecule has 0 aliphatic carbocycles. The average molecular weight is 431 g/mol. The molecule has 7 nitrogen and oxygen atoms in total. The van der Waals surface area contributed by atoms with Gasteiger partial charge >= 0.3 is 0 Å². The highest BCUT2D eigenvalue weighted by Gasteiger charge is 2.31. The van der Waals surface area contributed by atoms with Crippen molar-refractivity contribution in [1.29, 1.82) is 0 Å². The first-order chi connectivity index (χ1) is 14.5. The van der Waals surface area contributed by atoms with Gasteiger partial charge in [-0.15, -0.1) is 0 Å². The summed E-state index contributed by atoms with van der Waals surface area (Å²) < 4.78 is 8.01. The number of carbonyl (C=O) groups is 2. The van der Waals surface area contributed by atoms with Crippen LogP contribution in [0.1, 0.15) is 42.2 Å². The largest absolute Gasteiger partial charge is 0.487 e. The van der Waals surface area contributed by atoms with Crippen LogP contribution >= 0.6 is 11.6 Å². The number of ether oxygens (including phenoxy) is 1. The first-order valence-corrected chi connectivity index (χ1v) is 10.9. The lowest BCUT2D eigenvalue weighted by Gasteiger charge is -2.33. The third kappa shape index (κ3) is 4.61. The molecule has 0 radical (unpaired) electrons. The highest BCUT2D eigenvalue weighted by Crippen LogP contribution is 2.28. The fourth-order valence-electron chi connectivity index (χ4n) is 4.25. The summed E-state index contributed by atoms with van der Waals surface area (Å²) in [6.45, 7) is 4.17. The number of carbonyl (C=O) groups excluding carboxylic acids is 2. The Morgan fingerprint density at radius 1 is 1.27 bits per heavy atom. The number of fused-ring (bicyclic) bond motifs is 1. The van der Waals surface area contributed by atoms with Crippen molar-refractivity contribution in [2.75, 3.05) is 19.6 Å². The summed E-state index contributed by atoms with van der Waals surface area (Å²) in [5, 5.41) is 7.91. The summed E-state index contributed by atoms with van der Waals surface area (Å²) in [7, 11) is 0. The van der Waals surface area contributed by atoms with Gasteiger partial charge in [-0.3, -0.25) is 14.3 Å². The molecule has 2 amide bonds. The number of aromatic nitrogens is 2. The van der Waals surface area contributed by atoms with Gasteiger partial charge in [0.25, 0.3) is 5.91 Å². The summed E-state index contributed by atoms with van der Waals surface area (Å²) >= 11 is 6.22. The second kappa shape index (κ2) is 9.08. The molecule has 1 saturated heterocycles. The Morgan fingerprint density at radius 3 is 2.90 bits per heavy atom. The molecule has 2 aromatic rings. The van der Waals surface area contributed by atoms with E-state index in [0.717, 1.165) is 37.9 Å². The number of hydrogen-bond donors (Lipinski definition) is 1. The van der Waals surface area contributed by atoms with E-state index in [-0.39, 0.29) is 17.9 Å². The number of benzene rings is 1. The molecule has 1 fully saturated rings. The second-order valence-corrected chi connectivity index (χ2v) is 8.49. The molecule has 30 heavy (non-hydrogen) atoms. The Labute approximate surface area is 181 Å². The predicted molar refractivity (Wildman–Crippen MR) is 114 cm³/mol. The maximum atomic E-state index is 13.3. The summed E-state index contributed by atoms with van der Waals surface area (Å²) in [4.78, 5) is 26.4. The summed E-state index contributed by atoms with van der Waals surface area (Å²) in [5.41, 5.74) is 1.64. The highest BCUT2D eigenvalue weighted by molar-refractivity contribution is 6.32. The van der Waals surface area contributed by atoms with E-state index < -0.39 is 0 Å². The van der Waals surface area contributed by atoms with E-state index >= 15 is 0 Å². The van der Waals surface area contributed by atoms with Crippen molar-refractivity contribution in [2.45, 2.75) is 45.3 Å². The normalized spacial score (nSPS) is 21.1. The van der Waals surface area contributed by atoms with Crippen LogP contribution in [0.2, 0.25) is 5.02 Å². The van der Waals surface area contributed by atoms with E-state index in [0.29, 0.717) is 41.9 Å². The van der Waals surface area contributed by atoms with Crippen LogP contribution in [0.5, 0.6) is 5.75 Å². The lowest BCUT2D eigenvalue weighted by Crippen LogP contribution is -2.44. The van der Waals surface area contributed by atoms with E-state index in [2.05, 4.69) is 10.4 Å². The van der Waals surface area contributed by atoms with Crippen LogP contribution in [-0.4, -0.2) is 52.2 Å². The van der Waals surface area contributed by atoms with Crippen LogP contribution in [-0.2, 0) is 17.8 Å². The van der Waals surface area contributed by atoms with Crippen molar-refractivity contribution in [3.8, 4) is 5.75 Å². The highest BCUT2D eigenvalue weighted by atomic mass is 35.5. The number of hydrogen-bond acceptors (Lipinski definition) is 4. The van der Waals surface area contributed by atoms with Gasteiger partial charge in [-0.1, -0.05) is 23.7 Å². The van der Waals surface area contributed by atoms with Gasteiger partial charge in [0.1, 0.15) is 11.9 Å². The van der Waals surface area contributed by atoms with E-state index in [1.54, 1.807) is 12.3 Å². The SMILES string of the molecule is CC(=O)NCC1CCn2ncc(C(=O)N3CCCC(Oc4ccccc4Cl)C3)c2C1. The van der Waals surface area contributed by atoms with Gasteiger partial charge in [0.15, 0.2) is 0 Å². The average Bonchev–Trinajstić information content (AvgIpc) is 3.17. The smallest absolute Gasteiger partial charge is 0.257 e. The molecule has 0 saturated carbocycles. The lowest BCUT2D eigenvalue weighted by atomic mass is 9.94. The number of nitrogens with zero attached hydrogens (tertiary/aromatic N) is 3. The minimum absolute atomic E-state index is 0.00360. The van der Waals surface area contributed by atoms with Gasteiger partial charge in [0.05, 0.1) is 29.0 Å². The van der Waals surface area contributed by atoms with Crippen LogP contribution in [0.25, 0.3) is 0 Å². The van der Waals surface area contributed by atoms with Crippen molar-refractivity contribution in [1.82, 2.24) is 20.0 Å². The minimum atomic E-state index is -0.0819. The zero-order valence-corrected chi connectivity index (χ0v) is 17.9. The Morgan fingerprint density at radius 2 is 2.10 bits per heavy atom. The van der Waals surface area contributed by atoms with E-state index in [9.17, 15) is 9.59 Å². The van der Waals surface area contributed by atoms with E-state index in [1.165, 1.54) is 6.92 Å². The maximum absolute atomic E-state index is 13.3. The molecule has 2 aliphatic heterocycles. The minimum Gasteiger partial charge on any atom is -0.487 e. The van der Waals surface area contributed by atoms with E-state index in [4.69, 9.17) is 16.3 Å². The van der Waals surface area contributed by atoms with Crippen molar-refractivity contribution < 1.29 is 14.3 Å². The van der Waals surface area contributed by atoms with Gasteiger partial charge < -0.3 is 15.0 Å². The van der Waals surface area contributed by atoms with Crippen LogP contribution in [0.3, 0.4) is 0 Å². The van der Waals surface area contributed by atoms with Gasteiger partial charge in [0.2, 0.25) is 5.91 Å². The molecule has 4 rings (SSSR count). The summed E-state index contributed by atoms with van der Waals surface area (Å²) in [6, 6.07) is 7.42. The number of para-hydroxylation sites is 1.